The third kappa shape index (κ3) is 7.60. The maximum Gasteiger partial charge on any atom is 0.122 e. The first kappa shape index (κ1) is 9.60. The van der Waals surface area contributed by atoms with E-state index in [-0.39, 0.29) is 0 Å². The number of aliphatic hydroxyl groups is 1. The van der Waals surface area contributed by atoms with Crippen molar-refractivity contribution in [2.45, 2.75) is 6.92 Å². The summed E-state index contributed by atoms with van der Waals surface area (Å²) in [6.07, 6.45) is 1.63. The van der Waals surface area contributed by atoms with E-state index in [0.717, 1.165) is 0 Å². The van der Waals surface area contributed by atoms with Crippen molar-refractivity contribution in [3.63, 3.8) is 0 Å². The van der Waals surface area contributed by atoms with Crippen LogP contribution in [-0.4, -0.2) is 5.11 Å². The Kier molecular flexibility index (Phi) is 6.88. The molecule has 0 heterocycles. The van der Waals surface area contributed by atoms with Crippen LogP contribution in [0.3, 0.4) is 0 Å². The number of hydrogen-bond acceptors (Lipinski definition) is 1. The van der Waals surface area contributed by atoms with E-state index in [2.05, 4.69) is 53.3 Å². The molecule has 0 aromatic rings. The molecule has 0 saturated carbocycles. The molecule has 0 aromatic carbocycles. The largest absolute Gasteiger partial charge is 0.461 e. The Hall–Kier alpha value is -2.40. The monoisotopic (exact) mass is 152 g/mol. The SMILES string of the molecule is CC#CC#CC#CC#CC#CO. The van der Waals surface area contributed by atoms with Crippen molar-refractivity contribution < 1.29 is 5.11 Å². The van der Waals surface area contributed by atoms with Crippen molar-refractivity contribution in [3.05, 3.63) is 0 Å². The van der Waals surface area contributed by atoms with Crippen LogP contribution in [0.15, 0.2) is 0 Å². The summed E-state index contributed by atoms with van der Waals surface area (Å²) < 4.78 is 0. The quantitative estimate of drug-likeness (QED) is 0.497. The van der Waals surface area contributed by atoms with Gasteiger partial charge in [0, 0.05) is 23.7 Å². The van der Waals surface area contributed by atoms with Crippen LogP contribution in [0, 0.1) is 59.4 Å². The Morgan fingerprint density at radius 2 is 1.08 bits per heavy atom. The van der Waals surface area contributed by atoms with Gasteiger partial charge < -0.3 is 5.11 Å². The molecule has 0 aromatic heterocycles. The number of aliphatic hydroxyl groups excluding tert-OH is 1. The summed E-state index contributed by atoms with van der Waals surface area (Å²) in [4.78, 5) is 0. The van der Waals surface area contributed by atoms with Crippen molar-refractivity contribution >= 4 is 0 Å². The van der Waals surface area contributed by atoms with Gasteiger partial charge >= 0.3 is 0 Å². The fourth-order valence-electron chi connectivity index (χ4n) is 0.278. The molecule has 1 nitrogen and oxygen atoms in total. The highest BCUT2D eigenvalue weighted by Gasteiger charge is 1.54. The molecular formula is C11H4O. The predicted molar refractivity (Wildman–Crippen MR) is 46.5 cm³/mol. The van der Waals surface area contributed by atoms with Gasteiger partial charge in [-0.25, -0.2) is 0 Å². The van der Waals surface area contributed by atoms with Gasteiger partial charge in [0.1, 0.15) is 6.11 Å². The molecule has 0 saturated heterocycles. The Bertz CT molecular complexity index is 386. The summed E-state index contributed by atoms with van der Waals surface area (Å²) in [5.74, 6) is 21.7. The van der Waals surface area contributed by atoms with E-state index in [1.165, 1.54) is 0 Å². The average Bonchev–Trinajstić information content (AvgIpc) is 2.10. The molecule has 0 fully saturated rings. The van der Waals surface area contributed by atoms with Crippen molar-refractivity contribution in [1.29, 1.82) is 0 Å². The highest BCUT2D eigenvalue weighted by molar-refractivity contribution is 5.42. The zero-order valence-corrected chi connectivity index (χ0v) is 6.45. The van der Waals surface area contributed by atoms with Gasteiger partial charge in [0.25, 0.3) is 0 Å². The Labute approximate surface area is 72.2 Å². The zero-order chi connectivity index (χ0) is 9.07. The molecule has 0 aliphatic heterocycles. The molecule has 0 spiro atoms. The fraction of sp³-hybridized carbons (Fsp3) is 0.0909. The van der Waals surface area contributed by atoms with Gasteiger partial charge in [0.15, 0.2) is 0 Å². The Balaban J connectivity index is 4.07. The molecule has 0 unspecified atom stereocenters. The molecule has 0 aliphatic rings. The van der Waals surface area contributed by atoms with Gasteiger partial charge in [-0.3, -0.25) is 0 Å². The lowest BCUT2D eigenvalue weighted by Crippen LogP contribution is -1.54. The maximum absolute atomic E-state index is 7.98. The predicted octanol–water partition coefficient (Wildman–Crippen LogP) is 0.353. The van der Waals surface area contributed by atoms with Crippen LogP contribution < -0.4 is 0 Å². The highest BCUT2D eigenvalue weighted by atomic mass is 16.2. The molecular weight excluding hydrogens is 148 g/mol. The van der Waals surface area contributed by atoms with Crippen LogP contribution in [-0.2, 0) is 0 Å². The molecule has 0 bridgehead atoms. The van der Waals surface area contributed by atoms with Crippen molar-refractivity contribution in [3.8, 4) is 59.4 Å². The standard InChI is InChI=1S/C11H4O/c1-2-3-4-5-6-7-8-9-10-11-12/h12H,1H3. The zero-order valence-electron chi connectivity index (χ0n) is 6.45. The summed E-state index contributed by atoms with van der Waals surface area (Å²) in [7, 11) is 0. The van der Waals surface area contributed by atoms with Gasteiger partial charge in [-0.2, -0.15) is 0 Å². The Morgan fingerprint density at radius 3 is 1.50 bits per heavy atom. The van der Waals surface area contributed by atoms with Crippen LogP contribution in [0.4, 0.5) is 0 Å². The second kappa shape index (κ2) is 8.60. The van der Waals surface area contributed by atoms with Crippen LogP contribution in [0.1, 0.15) is 6.92 Å². The van der Waals surface area contributed by atoms with Gasteiger partial charge in [0.2, 0.25) is 0 Å². The van der Waals surface area contributed by atoms with Crippen LogP contribution in [0.2, 0.25) is 0 Å². The minimum Gasteiger partial charge on any atom is -0.461 e. The van der Waals surface area contributed by atoms with Crippen molar-refractivity contribution in [1.82, 2.24) is 0 Å². The maximum atomic E-state index is 7.98. The molecule has 0 radical (unpaired) electrons. The molecule has 0 aliphatic carbocycles. The molecule has 54 valence electrons. The second-order valence-electron chi connectivity index (χ2n) is 1.36. The topological polar surface area (TPSA) is 20.2 Å². The molecule has 1 heteroatoms. The molecule has 0 atom stereocenters. The van der Waals surface area contributed by atoms with E-state index in [9.17, 15) is 0 Å². The molecule has 0 rings (SSSR count). The second-order valence-corrected chi connectivity index (χ2v) is 1.36. The minimum atomic E-state index is 1.63. The third-order valence-corrected chi connectivity index (χ3v) is 0.618. The Morgan fingerprint density at radius 1 is 0.667 bits per heavy atom. The first-order valence-corrected chi connectivity index (χ1v) is 2.97. The highest BCUT2D eigenvalue weighted by Crippen LogP contribution is 1.55. The lowest BCUT2D eigenvalue weighted by Gasteiger charge is -1.54. The van der Waals surface area contributed by atoms with Crippen LogP contribution >= 0.6 is 0 Å². The summed E-state index contributed by atoms with van der Waals surface area (Å²) in [5, 5.41) is 7.98. The van der Waals surface area contributed by atoms with Crippen LogP contribution in [0.5, 0.6) is 0 Å². The number of rotatable bonds is 0. The van der Waals surface area contributed by atoms with Gasteiger partial charge in [-0.15, -0.1) is 0 Å². The lowest BCUT2D eigenvalue weighted by molar-refractivity contribution is 0.517. The minimum absolute atomic E-state index is 1.63. The van der Waals surface area contributed by atoms with Crippen molar-refractivity contribution in [2.75, 3.05) is 0 Å². The first-order valence-electron chi connectivity index (χ1n) is 2.97. The van der Waals surface area contributed by atoms with Crippen LogP contribution in [0.25, 0.3) is 0 Å². The summed E-state index contributed by atoms with van der Waals surface area (Å²) in [5.41, 5.74) is 0. The van der Waals surface area contributed by atoms with E-state index in [1.807, 2.05) is 0 Å². The molecule has 12 heavy (non-hydrogen) atoms. The third-order valence-electron chi connectivity index (χ3n) is 0.618. The van der Waals surface area contributed by atoms with E-state index in [4.69, 9.17) is 5.11 Å². The molecule has 0 amide bonds. The lowest BCUT2D eigenvalue weighted by atomic mass is 10.5. The molecule has 1 N–H and O–H groups in total. The van der Waals surface area contributed by atoms with Gasteiger partial charge in [-0.1, -0.05) is 5.92 Å². The number of hydrogen-bond donors (Lipinski definition) is 1. The summed E-state index contributed by atoms with van der Waals surface area (Å²) in [6.45, 7) is 1.69. The summed E-state index contributed by atoms with van der Waals surface area (Å²) in [6, 6.07) is 0. The average molecular weight is 152 g/mol. The van der Waals surface area contributed by atoms with E-state index in [0.29, 0.717) is 0 Å². The van der Waals surface area contributed by atoms with E-state index >= 15 is 0 Å². The van der Waals surface area contributed by atoms with E-state index in [1.54, 1.807) is 13.0 Å². The van der Waals surface area contributed by atoms with Crippen molar-refractivity contribution in [2.24, 2.45) is 0 Å². The fourth-order valence-corrected chi connectivity index (χ4v) is 0.278. The van der Waals surface area contributed by atoms with E-state index < -0.39 is 0 Å². The van der Waals surface area contributed by atoms with Gasteiger partial charge in [0.05, 0.1) is 0 Å². The summed E-state index contributed by atoms with van der Waals surface area (Å²) >= 11 is 0. The smallest absolute Gasteiger partial charge is 0.122 e. The van der Waals surface area contributed by atoms with Gasteiger partial charge in [-0.05, 0) is 30.6 Å². The normalized spacial score (nSPS) is 3.75. The first-order chi connectivity index (χ1) is 5.91.